The highest BCUT2D eigenvalue weighted by Gasteiger charge is 2.27. The number of benzene rings is 1. The van der Waals surface area contributed by atoms with E-state index < -0.39 is 12.8 Å². The van der Waals surface area contributed by atoms with E-state index in [1.807, 2.05) is 12.1 Å². The molecule has 1 N–H and O–H groups in total. The molecule has 0 unspecified atom stereocenters. The van der Waals surface area contributed by atoms with E-state index in [9.17, 15) is 13.2 Å². The second kappa shape index (κ2) is 6.83. The Kier molecular flexibility index (Phi) is 5.73. The van der Waals surface area contributed by atoms with E-state index in [0.29, 0.717) is 5.75 Å². The zero-order chi connectivity index (χ0) is 12.7. The van der Waals surface area contributed by atoms with Crippen LogP contribution in [0.25, 0.3) is 0 Å². The number of hydrogen-bond acceptors (Lipinski definition) is 3. The molecule has 17 heavy (non-hydrogen) atoms. The largest absolute Gasteiger partial charge is 0.492 e. The van der Waals surface area contributed by atoms with Crippen molar-refractivity contribution < 1.29 is 22.7 Å². The predicted molar refractivity (Wildman–Crippen MR) is 59.6 cm³/mol. The van der Waals surface area contributed by atoms with Gasteiger partial charge in [-0.05, 0) is 24.3 Å². The normalized spacial score (nSPS) is 11.5. The Balaban J connectivity index is 2.07. The first-order chi connectivity index (χ1) is 7.97. The fourth-order valence-electron chi connectivity index (χ4n) is 0.946. The molecule has 0 aliphatic heterocycles. The SMILES string of the molecule is FC(F)(F)CONCCOc1ccc(Br)cc1. The fourth-order valence-corrected chi connectivity index (χ4v) is 1.21. The highest BCUT2D eigenvalue weighted by molar-refractivity contribution is 9.10. The zero-order valence-electron chi connectivity index (χ0n) is 8.76. The summed E-state index contributed by atoms with van der Waals surface area (Å²) in [6, 6.07) is 7.12. The number of hydroxylamine groups is 1. The van der Waals surface area contributed by atoms with E-state index >= 15 is 0 Å². The van der Waals surface area contributed by atoms with Gasteiger partial charge >= 0.3 is 6.18 Å². The smallest absolute Gasteiger partial charge is 0.413 e. The lowest BCUT2D eigenvalue weighted by Gasteiger charge is -2.09. The van der Waals surface area contributed by atoms with Gasteiger partial charge in [0.1, 0.15) is 12.4 Å². The van der Waals surface area contributed by atoms with E-state index in [0.717, 1.165) is 4.47 Å². The number of nitrogens with one attached hydrogen (secondary N) is 1. The molecule has 0 aliphatic rings. The van der Waals surface area contributed by atoms with Crippen LogP contribution in [0, 0.1) is 0 Å². The predicted octanol–water partition coefficient (Wildman–Crippen LogP) is 2.91. The molecule has 0 heterocycles. The third-order valence-electron chi connectivity index (χ3n) is 1.62. The standard InChI is InChI=1S/C10H11BrF3NO2/c11-8-1-3-9(4-2-8)16-6-5-15-17-7-10(12,13)14/h1-4,15H,5-7H2. The Hall–Kier alpha value is -0.790. The van der Waals surface area contributed by atoms with Crippen LogP contribution in [0.15, 0.2) is 28.7 Å². The van der Waals surface area contributed by atoms with Crippen LogP contribution in [0.3, 0.4) is 0 Å². The van der Waals surface area contributed by atoms with E-state index in [1.165, 1.54) is 0 Å². The summed E-state index contributed by atoms with van der Waals surface area (Å²) in [4.78, 5) is 4.19. The van der Waals surface area contributed by atoms with E-state index in [1.54, 1.807) is 12.1 Å². The Morgan fingerprint density at radius 1 is 1.18 bits per heavy atom. The van der Waals surface area contributed by atoms with Crippen LogP contribution >= 0.6 is 15.9 Å². The van der Waals surface area contributed by atoms with E-state index in [4.69, 9.17) is 4.74 Å². The number of halogens is 4. The molecule has 0 atom stereocenters. The molecule has 0 aromatic heterocycles. The third kappa shape index (κ3) is 7.19. The minimum Gasteiger partial charge on any atom is -0.492 e. The fraction of sp³-hybridized carbons (Fsp3) is 0.400. The molecule has 1 aromatic rings. The van der Waals surface area contributed by atoms with Gasteiger partial charge in [0.05, 0.1) is 6.54 Å². The second-order valence-electron chi connectivity index (χ2n) is 3.10. The molecule has 1 aromatic carbocycles. The highest BCUT2D eigenvalue weighted by atomic mass is 79.9. The molecule has 0 saturated carbocycles. The van der Waals surface area contributed by atoms with Crippen molar-refractivity contribution in [2.45, 2.75) is 6.18 Å². The van der Waals surface area contributed by atoms with Gasteiger partial charge in [-0.2, -0.15) is 18.7 Å². The molecule has 0 spiro atoms. The van der Waals surface area contributed by atoms with Crippen LogP contribution in [0.1, 0.15) is 0 Å². The van der Waals surface area contributed by atoms with Crippen molar-refractivity contribution in [3.8, 4) is 5.75 Å². The molecular weight excluding hydrogens is 303 g/mol. The van der Waals surface area contributed by atoms with Crippen molar-refractivity contribution in [1.82, 2.24) is 5.48 Å². The first-order valence-electron chi connectivity index (χ1n) is 4.77. The lowest BCUT2D eigenvalue weighted by Crippen LogP contribution is -2.27. The maximum atomic E-state index is 11.7. The summed E-state index contributed by atoms with van der Waals surface area (Å²) in [6.45, 7) is -0.920. The van der Waals surface area contributed by atoms with Gasteiger partial charge in [-0.25, -0.2) is 0 Å². The Morgan fingerprint density at radius 2 is 1.82 bits per heavy atom. The van der Waals surface area contributed by atoms with E-state index in [2.05, 4.69) is 26.2 Å². The lowest BCUT2D eigenvalue weighted by atomic mass is 10.3. The lowest BCUT2D eigenvalue weighted by molar-refractivity contribution is -0.189. The summed E-state index contributed by atoms with van der Waals surface area (Å²) in [6.07, 6.45) is -4.32. The third-order valence-corrected chi connectivity index (χ3v) is 2.15. The van der Waals surface area contributed by atoms with Gasteiger partial charge < -0.3 is 4.74 Å². The number of ether oxygens (including phenoxy) is 1. The molecule has 0 fully saturated rings. The van der Waals surface area contributed by atoms with Crippen molar-refractivity contribution in [3.05, 3.63) is 28.7 Å². The molecule has 0 amide bonds. The summed E-state index contributed by atoms with van der Waals surface area (Å²) in [5.74, 6) is 0.644. The summed E-state index contributed by atoms with van der Waals surface area (Å²) < 4.78 is 41.2. The van der Waals surface area contributed by atoms with Crippen LogP contribution in [0.5, 0.6) is 5.75 Å². The maximum absolute atomic E-state index is 11.7. The van der Waals surface area contributed by atoms with Crippen LogP contribution in [0.4, 0.5) is 13.2 Å². The van der Waals surface area contributed by atoms with Gasteiger partial charge in [-0.3, -0.25) is 4.84 Å². The summed E-state index contributed by atoms with van der Waals surface area (Å²) in [5, 5.41) is 0. The van der Waals surface area contributed by atoms with E-state index in [-0.39, 0.29) is 13.2 Å². The minimum absolute atomic E-state index is 0.173. The molecule has 7 heteroatoms. The van der Waals surface area contributed by atoms with Crippen LogP contribution in [-0.4, -0.2) is 25.9 Å². The van der Waals surface area contributed by atoms with Crippen molar-refractivity contribution in [2.75, 3.05) is 19.8 Å². The number of hydrogen-bond donors (Lipinski definition) is 1. The minimum atomic E-state index is -4.32. The first kappa shape index (κ1) is 14.3. The van der Waals surface area contributed by atoms with Crippen molar-refractivity contribution >= 4 is 15.9 Å². The van der Waals surface area contributed by atoms with Gasteiger partial charge in [0.2, 0.25) is 0 Å². The molecule has 1 rings (SSSR count). The molecule has 0 saturated heterocycles. The molecular formula is C10H11BrF3NO2. The van der Waals surface area contributed by atoms with Crippen molar-refractivity contribution in [2.24, 2.45) is 0 Å². The molecule has 96 valence electrons. The molecule has 3 nitrogen and oxygen atoms in total. The average Bonchev–Trinajstić information content (AvgIpc) is 2.24. The van der Waals surface area contributed by atoms with Gasteiger partial charge in [-0.1, -0.05) is 15.9 Å². The maximum Gasteiger partial charge on any atom is 0.413 e. The number of rotatable bonds is 6. The number of alkyl halides is 3. The quantitative estimate of drug-likeness (QED) is 0.647. The topological polar surface area (TPSA) is 30.5 Å². The molecule has 0 aliphatic carbocycles. The Bertz CT molecular complexity index is 329. The van der Waals surface area contributed by atoms with Gasteiger partial charge in [0.25, 0.3) is 0 Å². The van der Waals surface area contributed by atoms with Crippen molar-refractivity contribution in [1.29, 1.82) is 0 Å². The highest BCUT2D eigenvalue weighted by Crippen LogP contribution is 2.16. The monoisotopic (exact) mass is 313 g/mol. The van der Waals surface area contributed by atoms with Gasteiger partial charge in [-0.15, -0.1) is 0 Å². The summed E-state index contributed by atoms with van der Waals surface area (Å²) >= 11 is 3.27. The zero-order valence-corrected chi connectivity index (χ0v) is 10.3. The Labute approximate surface area is 105 Å². The van der Waals surface area contributed by atoms with Crippen LogP contribution in [-0.2, 0) is 4.84 Å². The van der Waals surface area contributed by atoms with Gasteiger partial charge in [0, 0.05) is 4.47 Å². The van der Waals surface area contributed by atoms with Crippen molar-refractivity contribution in [3.63, 3.8) is 0 Å². The molecule has 0 radical (unpaired) electrons. The second-order valence-corrected chi connectivity index (χ2v) is 4.02. The molecule has 0 bridgehead atoms. The first-order valence-corrected chi connectivity index (χ1v) is 5.56. The van der Waals surface area contributed by atoms with Gasteiger partial charge in [0.15, 0.2) is 6.61 Å². The van der Waals surface area contributed by atoms with Crippen LogP contribution in [0.2, 0.25) is 0 Å². The average molecular weight is 314 g/mol. The summed E-state index contributed by atoms with van der Waals surface area (Å²) in [5.41, 5.74) is 2.17. The van der Waals surface area contributed by atoms with Crippen LogP contribution < -0.4 is 10.2 Å². The Morgan fingerprint density at radius 3 is 2.41 bits per heavy atom. The summed E-state index contributed by atoms with van der Waals surface area (Å²) in [7, 11) is 0.